The minimum atomic E-state index is -0.233. The molecule has 3 rings (SSSR count). The van der Waals surface area contributed by atoms with E-state index >= 15 is 0 Å². The van der Waals surface area contributed by atoms with Gasteiger partial charge in [0, 0.05) is 11.5 Å². The third-order valence-electron chi connectivity index (χ3n) is 7.20. The second kappa shape index (κ2) is 14.8. The van der Waals surface area contributed by atoms with Gasteiger partial charge < -0.3 is 14.2 Å². The first kappa shape index (κ1) is 25.3. The van der Waals surface area contributed by atoms with Gasteiger partial charge in [0.25, 0.3) is 0 Å². The van der Waals surface area contributed by atoms with E-state index in [1.165, 1.54) is 77.0 Å². The first-order valence-electron chi connectivity index (χ1n) is 13.4. The van der Waals surface area contributed by atoms with Crippen molar-refractivity contribution in [3.8, 4) is 5.75 Å². The smallest absolute Gasteiger partial charge is 0.183 e. The van der Waals surface area contributed by atoms with Crippen LogP contribution in [0, 0.1) is 17.8 Å². The van der Waals surface area contributed by atoms with Crippen molar-refractivity contribution < 1.29 is 14.2 Å². The Morgan fingerprint density at radius 3 is 2.06 bits per heavy atom. The number of hydrogen-bond acceptors (Lipinski definition) is 3. The largest absolute Gasteiger partial charge is 0.490 e. The lowest BCUT2D eigenvalue weighted by Crippen LogP contribution is -2.27. The zero-order valence-corrected chi connectivity index (χ0v) is 20.6. The van der Waals surface area contributed by atoms with Crippen LogP contribution in [0.2, 0.25) is 0 Å². The molecule has 0 aromatic heterocycles. The van der Waals surface area contributed by atoms with Crippen LogP contribution in [-0.2, 0) is 9.47 Å². The highest BCUT2D eigenvalue weighted by atomic mass is 16.7. The molecule has 1 aliphatic heterocycles. The van der Waals surface area contributed by atoms with Gasteiger partial charge in [-0.1, -0.05) is 83.1 Å². The summed E-state index contributed by atoms with van der Waals surface area (Å²) in [5.74, 6) is 3.18. The lowest BCUT2D eigenvalue weighted by atomic mass is 9.79. The zero-order valence-electron chi connectivity index (χ0n) is 20.6. The van der Waals surface area contributed by atoms with Gasteiger partial charge in [0.15, 0.2) is 6.29 Å². The molecule has 2 aliphatic rings. The molecule has 180 valence electrons. The SMILES string of the molecule is CCCCCC1CCC(/C=C/COc2ccc(C3OCC(CCCCC)CO3)cc2)CC1. The molecule has 0 bridgehead atoms. The summed E-state index contributed by atoms with van der Waals surface area (Å²) in [7, 11) is 0. The van der Waals surface area contributed by atoms with E-state index in [1.807, 2.05) is 12.1 Å². The Bertz CT molecular complexity index is 622. The molecule has 1 aromatic carbocycles. The Morgan fingerprint density at radius 2 is 1.44 bits per heavy atom. The topological polar surface area (TPSA) is 27.7 Å². The summed E-state index contributed by atoms with van der Waals surface area (Å²) >= 11 is 0. The van der Waals surface area contributed by atoms with Gasteiger partial charge in [0.2, 0.25) is 0 Å². The van der Waals surface area contributed by atoms with E-state index in [4.69, 9.17) is 14.2 Å². The quantitative estimate of drug-likeness (QED) is 0.227. The molecule has 0 spiro atoms. The van der Waals surface area contributed by atoms with E-state index in [-0.39, 0.29) is 6.29 Å². The number of hydrogen-bond donors (Lipinski definition) is 0. The Hall–Kier alpha value is -1.32. The van der Waals surface area contributed by atoms with Crippen molar-refractivity contribution in [3.05, 3.63) is 42.0 Å². The van der Waals surface area contributed by atoms with Crippen LogP contribution >= 0.6 is 0 Å². The van der Waals surface area contributed by atoms with Gasteiger partial charge in [-0.05, 0) is 56.1 Å². The molecule has 0 radical (unpaired) electrons. The molecule has 1 saturated heterocycles. The second-order valence-electron chi connectivity index (χ2n) is 9.95. The van der Waals surface area contributed by atoms with Crippen LogP contribution in [0.15, 0.2) is 36.4 Å². The van der Waals surface area contributed by atoms with Gasteiger partial charge in [-0.3, -0.25) is 0 Å². The lowest BCUT2D eigenvalue weighted by Gasteiger charge is -2.29. The zero-order chi connectivity index (χ0) is 22.4. The number of benzene rings is 1. The maximum Gasteiger partial charge on any atom is 0.183 e. The van der Waals surface area contributed by atoms with Gasteiger partial charge in [0.05, 0.1) is 13.2 Å². The van der Waals surface area contributed by atoms with Crippen LogP contribution in [0.4, 0.5) is 0 Å². The van der Waals surface area contributed by atoms with Crippen molar-refractivity contribution in [2.75, 3.05) is 19.8 Å². The van der Waals surface area contributed by atoms with Gasteiger partial charge in [0.1, 0.15) is 12.4 Å². The van der Waals surface area contributed by atoms with Crippen LogP contribution in [-0.4, -0.2) is 19.8 Å². The van der Waals surface area contributed by atoms with Gasteiger partial charge in [-0.15, -0.1) is 0 Å². The molecule has 3 nitrogen and oxygen atoms in total. The first-order chi connectivity index (χ1) is 15.8. The lowest BCUT2D eigenvalue weighted by molar-refractivity contribution is -0.206. The van der Waals surface area contributed by atoms with E-state index in [1.54, 1.807) is 0 Å². The van der Waals surface area contributed by atoms with Crippen LogP contribution in [0.3, 0.4) is 0 Å². The van der Waals surface area contributed by atoms with Crippen molar-refractivity contribution in [2.24, 2.45) is 17.8 Å². The summed E-state index contributed by atoms with van der Waals surface area (Å²) in [6, 6.07) is 8.21. The molecular weight excluding hydrogens is 396 g/mol. The maximum atomic E-state index is 5.97. The maximum absolute atomic E-state index is 5.97. The Balaban J connectivity index is 1.30. The van der Waals surface area contributed by atoms with Gasteiger partial charge >= 0.3 is 0 Å². The Morgan fingerprint density at radius 1 is 0.812 bits per heavy atom. The Kier molecular flexibility index (Phi) is 11.7. The van der Waals surface area contributed by atoms with Crippen molar-refractivity contribution in [1.29, 1.82) is 0 Å². The highest BCUT2D eigenvalue weighted by Gasteiger charge is 2.23. The molecule has 32 heavy (non-hydrogen) atoms. The van der Waals surface area contributed by atoms with Crippen molar-refractivity contribution in [2.45, 2.75) is 97.2 Å². The summed E-state index contributed by atoms with van der Waals surface area (Å²) in [5, 5.41) is 0. The summed E-state index contributed by atoms with van der Waals surface area (Å²) in [4.78, 5) is 0. The fourth-order valence-electron chi connectivity index (χ4n) is 5.05. The molecule has 1 aromatic rings. The number of unbranched alkanes of at least 4 members (excludes halogenated alkanes) is 4. The minimum absolute atomic E-state index is 0.233. The predicted molar refractivity (Wildman–Crippen MR) is 133 cm³/mol. The van der Waals surface area contributed by atoms with Crippen molar-refractivity contribution in [1.82, 2.24) is 0 Å². The van der Waals surface area contributed by atoms with Gasteiger partial charge in [-0.25, -0.2) is 0 Å². The molecule has 1 heterocycles. The molecule has 0 unspecified atom stereocenters. The van der Waals surface area contributed by atoms with E-state index < -0.39 is 0 Å². The van der Waals surface area contributed by atoms with Crippen LogP contribution in [0.5, 0.6) is 5.75 Å². The monoisotopic (exact) mass is 442 g/mol. The molecule has 1 saturated carbocycles. The normalized spacial score (nSPS) is 26.4. The van der Waals surface area contributed by atoms with E-state index in [0.717, 1.165) is 36.4 Å². The molecule has 3 heteroatoms. The van der Waals surface area contributed by atoms with E-state index in [0.29, 0.717) is 12.5 Å². The standard InChI is InChI=1S/C29H46O3/c1-3-5-7-10-24-13-15-25(16-14-24)12-9-21-30-28-19-17-27(18-20-28)29-31-22-26(23-32-29)11-8-6-4-2/h9,12,17-20,24-26,29H,3-8,10-11,13-16,21-23H2,1-2H3/b12-9+. The fraction of sp³-hybridized carbons (Fsp3) is 0.724. The average molecular weight is 443 g/mol. The first-order valence-corrected chi connectivity index (χ1v) is 13.4. The summed E-state index contributed by atoms with van der Waals surface area (Å²) < 4.78 is 17.9. The van der Waals surface area contributed by atoms with E-state index in [2.05, 4.69) is 38.1 Å². The van der Waals surface area contributed by atoms with Crippen LogP contribution < -0.4 is 4.74 Å². The molecule has 0 N–H and O–H groups in total. The highest BCUT2D eigenvalue weighted by Crippen LogP contribution is 2.33. The van der Waals surface area contributed by atoms with Gasteiger partial charge in [-0.2, -0.15) is 0 Å². The van der Waals surface area contributed by atoms with Crippen LogP contribution in [0.1, 0.15) is 103 Å². The molecule has 2 fully saturated rings. The summed E-state index contributed by atoms with van der Waals surface area (Å²) in [6.07, 6.45) is 20.5. The number of allylic oxidation sites excluding steroid dienone is 1. The van der Waals surface area contributed by atoms with E-state index in [9.17, 15) is 0 Å². The fourth-order valence-corrected chi connectivity index (χ4v) is 5.05. The highest BCUT2D eigenvalue weighted by molar-refractivity contribution is 5.28. The van der Waals surface area contributed by atoms with Crippen LogP contribution in [0.25, 0.3) is 0 Å². The predicted octanol–water partition coefficient (Wildman–Crippen LogP) is 8.25. The van der Waals surface area contributed by atoms with Crippen molar-refractivity contribution in [3.63, 3.8) is 0 Å². The molecule has 0 amide bonds. The molecule has 0 atom stereocenters. The summed E-state index contributed by atoms with van der Waals surface area (Å²) in [5.41, 5.74) is 1.08. The third-order valence-corrected chi connectivity index (χ3v) is 7.20. The Labute approximate surface area is 196 Å². The number of ether oxygens (including phenoxy) is 3. The number of rotatable bonds is 13. The third kappa shape index (κ3) is 8.90. The second-order valence-corrected chi connectivity index (χ2v) is 9.95. The molecular formula is C29H46O3. The minimum Gasteiger partial charge on any atom is -0.490 e. The molecule has 1 aliphatic carbocycles. The van der Waals surface area contributed by atoms with Crippen molar-refractivity contribution >= 4 is 0 Å². The summed E-state index contributed by atoms with van der Waals surface area (Å²) in [6.45, 7) is 6.79. The average Bonchev–Trinajstić information content (AvgIpc) is 2.84.